The van der Waals surface area contributed by atoms with Crippen molar-refractivity contribution >= 4 is 16.8 Å². The van der Waals surface area contributed by atoms with Gasteiger partial charge in [-0.05, 0) is 49.9 Å². The van der Waals surface area contributed by atoms with Crippen molar-refractivity contribution in [3.05, 3.63) is 66.4 Å². The number of amides is 1. The molecule has 2 rings (SSSR count). The Balaban J connectivity index is 2.32. The van der Waals surface area contributed by atoms with Crippen LogP contribution in [-0.2, 0) is 6.42 Å². The Bertz CT molecular complexity index is 786. The van der Waals surface area contributed by atoms with Crippen molar-refractivity contribution in [1.82, 2.24) is 10.3 Å². The first-order valence-corrected chi connectivity index (χ1v) is 8.55. The van der Waals surface area contributed by atoms with Gasteiger partial charge in [0.15, 0.2) is 0 Å². The van der Waals surface area contributed by atoms with E-state index in [1.807, 2.05) is 25.1 Å². The zero-order valence-electron chi connectivity index (χ0n) is 15.0. The van der Waals surface area contributed by atoms with Crippen LogP contribution in [0.5, 0.6) is 0 Å². The van der Waals surface area contributed by atoms with E-state index < -0.39 is 5.60 Å². The van der Waals surface area contributed by atoms with Gasteiger partial charge in [-0.1, -0.05) is 25.1 Å². The van der Waals surface area contributed by atoms with Gasteiger partial charge >= 0.3 is 0 Å². The number of carbonyl (C=O) groups is 1. The minimum Gasteiger partial charge on any atom is -0.387 e. The number of aliphatic hydroxyl groups is 1. The molecule has 0 saturated heterocycles. The van der Waals surface area contributed by atoms with Crippen molar-refractivity contribution in [2.45, 2.75) is 38.7 Å². The van der Waals surface area contributed by atoms with Crippen LogP contribution in [0.2, 0.25) is 0 Å². The van der Waals surface area contributed by atoms with Gasteiger partial charge in [-0.3, -0.25) is 9.78 Å². The quantitative estimate of drug-likeness (QED) is 0.721. The van der Waals surface area contributed by atoms with Crippen LogP contribution in [0.25, 0.3) is 10.9 Å². The molecule has 1 aromatic carbocycles. The van der Waals surface area contributed by atoms with Gasteiger partial charge in [-0.25, -0.2) is 0 Å². The van der Waals surface area contributed by atoms with Gasteiger partial charge in [0.25, 0.3) is 5.91 Å². The lowest BCUT2D eigenvalue weighted by molar-refractivity contribution is 0.0437. The monoisotopic (exact) mass is 338 g/mol. The van der Waals surface area contributed by atoms with Crippen LogP contribution in [0.4, 0.5) is 0 Å². The molecule has 0 aliphatic rings. The topological polar surface area (TPSA) is 62.2 Å². The van der Waals surface area contributed by atoms with Crippen LogP contribution in [-0.4, -0.2) is 28.1 Å². The predicted molar refractivity (Wildman–Crippen MR) is 103 cm³/mol. The Kier molecular flexibility index (Phi) is 6.10. The Labute approximate surface area is 149 Å². The van der Waals surface area contributed by atoms with Crippen LogP contribution in [0.15, 0.2) is 49.6 Å². The number of aromatic nitrogens is 1. The van der Waals surface area contributed by atoms with E-state index in [9.17, 15) is 9.90 Å². The molecule has 0 aliphatic carbocycles. The molecular weight excluding hydrogens is 312 g/mol. The molecule has 1 heterocycles. The molecule has 1 amide bonds. The summed E-state index contributed by atoms with van der Waals surface area (Å²) >= 11 is 0. The van der Waals surface area contributed by atoms with Crippen LogP contribution in [0.3, 0.4) is 0 Å². The van der Waals surface area contributed by atoms with Gasteiger partial charge in [0.05, 0.1) is 16.7 Å². The Morgan fingerprint density at radius 3 is 2.56 bits per heavy atom. The maximum absolute atomic E-state index is 12.8. The molecule has 0 saturated carbocycles. The number of fused-ring (bicyclic) bond motifs is 1. The SMILES string of the molecule is C=CCC(O)(CC=C)CNC(=O)c1cc(C)nc2ccc(CC)cc12. The summed E-state index contributed by atoms with van der Waals surface area (Å²) in [6.45, 7) is 11.4. The summed E-state index contributed by atoms with van der Waals surface area (Å²) in [5, 5.41) is 14.3. The van der Waals surface area contributed by atoms with Crippen LogP contribution < -0.4 is 5.32 Å². The van der Waals surface area contributed by atoms with Crippen molar-refractivity contribution in [3.8, 4) is 0 Å². The summed E-state index contributed by atoms with van der Waals surface area (Å²) in [6.07, 6.45) is 4.96. The summed E-state index contributed by atoms with van der Waals surface area (Å²) < 4.78 is 0. The van der Waals surface area contributed by atoms with E-state index in [1.54, 1.807) is 18.2 Å². The fourth-order valence-electron chi connectivity index (χ4n) is 2.92. The first kappa shape index (κ1) is 18.9. The summed E-state index contributed by atoms with van der Waals surface area (Å²) in [5.74, 6) is -0.213. The largest absolute Gasteiger partial charge is 0.387 e. The normalized spacial score (nSPS) is 11.3. The van der Waals surface area contributed by atoms with Gasteiger partial charge in [0.2, 0.25) is 0 Å². The number of pyridine rings is 1. The highest BCUT2D eigenvalue weighted by Crippen LogP contribution is 2.21. The number of hydrogen-bond donors (Lipinski definition) is 2. The number of carbonyl (C=O) groups excluding carboxylic acids is 1. The number of rotatable bonds is 8. The Morgan fingerprint density at radius 1 is 1.28 bits per heavy atom. The van der Waals surface area contributed by atoms with Crippen LogP contribution in [0.1, 0.15) is 41.4 Å². The zero-order valence-corrected chi connectivity index (χ0v) is 15.0. The smallest absolute Gasteiger partial charge is 0.252 e. The second-order valence-electron chi connectivity index (χ2n) is 6.41. The molecule has 25 heavy (non-hydrogen) atoms. The maximum atomic E-state index is 12.8. The van der Waals surface area contributed by atoms with Gasteiger partial charge in [0, 0.05) is 17.6 Å². The molecular formula is C21H26N2O2. The Hall–Kier alpha value is -2.46. The number of benzene rings is 1. The van der Waals surface area contributed by atoms with E-state index in [0.717, 1.165) is 28.6 Å². The number of hydrogen-bond acceptors (Lipinski definition) is 3. The van der Waals surface area contributed by atoms with Crippen molar-refractivity contribution < 1.29 is 9.90 Å². The van der Waals surface area contributed by atoms with E-state index in [2.05, 4.69) is 30.4 Å². The summed E-state index contributed by atoms with van der Waals surface area (Å²) in [7, 11) is 0. The average Bonchev–Trinajstić information content (AvgIpc) is 2.59. The number of aryl methyl sites for hydroxylation is 2. The molecule has 0 spiro atoms. The van der Waals surface area contributed by atoms with E-state index in [1.165, 1.54) is 0 Å². The second-order valence-corrected chi connectivity index (χ2v) is 6.41. The lowest BCUT2D eigenvalue weighted by Crippen LogP contribution is -2.42. The summed E-state index contributed by atoms with van der Waals surface area (Å²) in [4.78, 5) is 17.3. The third-order valence-corrected chi connectivity index (χ3v) is 4.28. The molecule has 0 radical (unpaired) electrons. The number of nitrogens with one attached hydrogen (secondary N) is 1. The summed E-state index contributed by atoms with van der Waals surface area (Å²) in [6, 6.07) is 7.78. The fraction of sp³-hybridized carbons (Fsp3) is 0.333. The molecule has 4 heteroatoms. The molecule has 132 valence electrons. The van der Waals surface area contributed by atoms with Gasteiger partial charge in [0.1, 0.15) is 0 Å². The van der Waals surface area contributed by atoms with Crippen molar-refractivity contribution in [2.24, 2.45) is 0 Å². The highest BCUT2D eigenvalue weighted by Gasteiger charge is 2.25. The van der Waals surface area contributed by atoms with E-state index in [0.29, 0.717) is 18.4 Å². The molecule has 0 unspecified atom stereocenters. The van der Waals surface area contributed by atoms with Crippen molar-refractivity contribution in [1.29, 1.82) is 0 Å². The first-order chi connectivity index (χ1) is 11.9. The highest BCUT2D eigenvalue weighted by atomic mass is 16.3. The third-order valence-electron chi connectivity index (χ3n) is 4.28. The standard InChI is InChI=1S/C21H26N2O2/c1-5-10-21(25,11-6-2)14-22-20(24)18-12-15(4)23-19-9-8-16(7-3)13-17(18)19/h5-6,8-9,12-13,25H,1-2,7,10-11,14H2,3-4H3,(H,22,24). The molecule has 0 atom stereocenters. The lowest BCUT2D eigenvalue weighted by Gasteiger charge is -2.26. The van der Waals surface area contributed by atoms with Crippen LogP contribution >= 0.6 is 0 Å². The van der Waals surface area contributed by atoms with Gasteiger partial charge in [-0.15, -0.1) is 13.2 Å². The summed E-state index contributed by atoms with van der Waals surface area (Å²) in [5.41, 5.74) is 2.26. The Morgan fingerprint density at radius 2 is 1.96 bits per heavy atom. The molecule has 2 N–H and O–H groups in total. The molecule has 4 nitrogen and oxygen atoms in total. The molecule has 1 aromatic heterocycles. The average molecular weight is 338 g/mol. The maximum Gasteiger partial charge on any atom is 0.252 e. The van der Waals surface area contributed by atoms with E-state index in [-0.39, 0.29) is 12.5 Å². The highest BCUT2D eigenvalue weighted by molar-refractivity contribution is 6.06. The van der Waals surface area contributed by atoms with Crippen molar-refractivity contribution in [3.63, 3.8) is 0 Å². The van der Waals surface area contributed by atoms with Gasteiger partial charge in [-0.2, -0.15) is 0 Å². The van der Waals surface area contributed by atoms with Crippen LogP contribution in [0, 0.1) is 6.92 Å². The number of nitrogens with zero attached hydrogens (tertiary/aromatic N) is 1. The molecule has 0 bridgehead atoms. The fourth-order valence-corrected chi connectivity index (χ4v) is 2.92. The second kappa shape index (κ2) is 8.08. The van der Waals surface area contributed by atoms with Gasteiger partial charge < -0.3 is 10.4 Å². The zero-order chi connectivity index (χ0) is 18.4. The lowest BCUT2D eigenvalue weighted by atomic mass is 9.95. The van der Waals surface area contributed by atoms with E-state index in [4.69, 9.17) is 0 Å². The third kappa shape index (κ3) is 4.54. The predicted octanol–water partition coefficient (Wildman–Crippen LogP) is 3.72. The molecule has 0 aliphatic heterocycles. The minimum atomic E-state index is -1.06. The minimum absolute atomic E-state index is 0.139. The van der Waals surface area contributed by atoms with Crippen molar-refractivity contribution in [2.75, 3.05) is 6.54 Å². The molecule has 2 aromatic rings. The van der Waals surface area contributed by atoms with E-state index >= 15 is 0 Å². The molecule has 0 fully saturated rings. The first-order valence-electron chi connectivity index (χ1n) is 8.55.